The molecule has 3 heterocycles. The van der Waals surface area contributed by atoms with E-state index in [9.17, 15) is 4.79 Å². The van der Waals surface area contributed by atoms with Crippen LogP contribution in [0.1, 0.15) is 47.9 Å². The van der Waals surface area contributed by atoms with Gasteiger partial charge >= 0.3 is 5.63 Å². The molecule has 1 aromatic heterocycles. The minimum absolute atomic E-state index is 0.0775. The third kappa shape index (κ3) is 1.65. The van der Waals surface area contributed by atoms with Gasteiger partial charge in [0.2, 0.25) is 0 Å². The molecular weight excluding hydrogens is 274 g/mol. The number of hydrogen-bond donors (Lipinski definition) is 0. The predicted octanol–water partition coefficient (Wildman–Crippen LogP) is 3.37. The zero-order valence-electron chi connectivity index (χ0n) is 12.9. The van der Waals surface area contributed by atoms with Crippen LogP contribution < -0.4 is 10.5 Å². The van der Waals surface area contributed by atoms with E-state index in [2.05, 4.69) is 11.0 Å². The molecule has 0 saturated carbocycles. The summed E-state index contributed by atoms with van der Waals surface area (Å²) in [6, 6.07) is 2.35. The number of aryl methyl sites for hydroxylation is 3. The maximum Gasteiger partial charge on any atom is 0.339 e. The van der Waals surface area contributed by atoms with E-state index >= 15 is 0 Å². The normalized spacial score (nSPS) is 19.9. The van der Waals surface area contributed by atoms with Crippen molar-refractivity contribution in [2.45, 2.75) is 51.4 Å². The van der Waals surface area contributed by atoms with E-state index in [-0.39, 0.29) is 5.63 Å². The largest absolute Gasteiger partial charge is 0.422 e. The molecule has 0 spiro atoms. The van der Waals surface area contributed by atoms with Crippen LogP contribution in [0, 0.1) is 0 Å². The van der Waals surface area contributed by atoms with Gasteiger partial charge < -0.3 is 9.32 Å². The van der Waals surface area contributed by atoms with E-state index in [1.54, 1.807) is 0 Å². The Morgan fingerprint density at radius 2 is 1.59 bits per heavy atom. The van der Waals surface area contributed by atoms with Gasteiger partial charge in [-0.3, -0.25) is 0 Å². The average Bonchev–Trinajstić information content (AvgIpc) is 2.57. The molecule has 0 radical (unpaired) electrons. The van der Waals surface area contributed by atoms with Crippen LogP contribution in [-0.2, 0) is 25.7 Å². The Labute approximate surface area is 129 Å². The number of nitrogens with zero attached hydrogens (tertiary/aromatic N) is 1. The maximum atomic E-state index is 12.4. The third-order valence-corrected chi connectivity index (χ3v) is 5.71. The molecule has 0 unspecified atom stereocenters. The van der Waals surface area contributed by atoms with Crippen molar-refractivity contribution < 1.29 is 4.42 Å². The lowest BCUT2D eigenvalue weighted by molar-refractivity contribution is 0.526. The van der Waals surface area contributed by atoms with Gasteiger partial charge in [-0.15, -0.1) is 0 Å². The Bertz CT molecular complexity index is 832. The van der Waals surface area contributed by atoms with Gasteiger partial charge in [-0.25, -0.2) is 4.79 Å². The maximum absolute atomic E-state index is 12.4. The van der Waals surface area contributed by atoms with Gasteiger partial charge in [0.25, 0.3) is 0 Å². The molecule has 114 valence electrons. The van der Waals surface area contributed by atoms with Crippen molar-refractivity contribution in [2.24, 2.45) is 0 Å². The highest BCUT2D eigenvalue weighted by molar-refractivity contribution is 5.91. The van der Waals surface area contributed by atoms with Crippen molar-refractivity contribution in [1.29, 1.82) is 0 Å². The molecule has 0 fully saturated rings. The van der Waals surface area contributed by atoms with Gasteiger partial charge in [-0.1, -0.05) is 0 Å². The summed E-state index contributed by atoms with van der Waals surface area (Å²) in [6.45, 7) is 2.31. The highest BCUT2D eigenvalue weighted by Gasteiger charge is 2.29. The van der Waals surface area contributed by atoms with Crippen molar-refractivity contribution in [3.8, 4) is 0 Å². The zero-order chi connectivity index (χ0) is 14.7. The molecule has 0 amide bonds. The average molecular weight is 295 g/mol. The second kappa shape index (κ2) is 4.61. The Morgan fingerprint density at radius 1 is 0.864 bits per heavy atom. The van der Waals surface area contributed by atoms with Crippen LogP contribution in [0.5, 0.6) is 0 Å². The lowest BCUT2D eigenvalue weighted by atomic mass is 9.85. The first kappa shape index (κ1) is 12.7. The summed E-state index contributed by atoms with van der Waals surface area (Å²) in [4.78, 5) is 14.9. The van der Waals surface area contributed by atoms with E-state index in [0.717, 1.165) is 49.9 Å². The third-order valence-electron chi connectivity index (χ3n) is 5.71. The van der Waals surface area contributed by atoms with Crippen molar-refractivity contribution >= 4 is 16.7 Å². The Morgan fingerprint density at radius 3 is 2.45 bits per heavy atom. The molecule has 0 bridgehead atoms. The number of fused-ring (bicyclic) bond motifs is 4. The molecule has 3 heteroatoms. The number of anilines is 1. The fourth-order valence-electron chi connectivity index (χ4n) is 4.75. The van der Waals surface area contributed by atoms with Gasteiger partial charge in [-0.2, -0.15) is 0 Å². The monoisotopic (exact) mass is 295 g/mol. The van der Waals surface area contributed by atoms with E-state index in [1.807, 2.05) is 0 Å². The fourth-order valence-corrected chi connectivity index (χ4v) is 4.75. The topological polar surface area (TPSA) is 33.5 Å². The minimum atomic E-state index is -0.0775. The number of hydrogen-bond acceptors (Lipinski definition) is 3. The van der Waals surface area contributed by atoms with Crippen molar-refractivity contribution in [3.05, 3.63) is 38.7 Å². The van der Waals surface area contributed by atoms with Crippen LogP contribution in [0.4, 0.5) is 5.69 Å². The summed E-state index contributed by atoms with van der Waals surface area (Å²) in [5, 5.41) is 1.24. The molecular formula is C19H21NO2. The van der Waals surface area contributed by atoms with Crippen molar-refractivity contribution in [1.82, 2.24) is 0 Å². The molecule has 5 rings (SSSR count). The fraction of sp³-hybridized carbons (Fsp3) is 0.526. The molecule has 2 aliphatic heterocycles. The van der Waals surface area contributed by atoms with Crippen LogP contribution in [0.15, 0.2) is 15.3 Å². The summed E-state index contributed by atoms with van der Waals surface area (Å²) in [5.74, 6) is 0. The second-order valence-electron chi connectivity index (χ2n) is 6.99. The quantitative estimate of drug-likeness (QED) is 0.699. The highest BCUT2D eigenvalue weighted by atomic mass is 16.4. The summed E-state index contributed by atoms with van der Waals surface area (Å²) >= 11 is 0. The molecule has 2 aromatic rings. The lowest BCUT2D eigenvalue weighted by Crippen LogP contribution is -2.34. The molecule has 0 saturated heterocycles. The van der Waals surface area contributed by atoms with Gasteiger partial charge in [0.1, 0.15) is 5.58 Å². The summed E-state index contributed by atoms with van der Waals surface area (Å²) in [6.07, 6.45) is 8.90. The zero-order valence-corrected chi connectivity index (χ0v) is 12.9. The van der Waals surface area contributed by atoms with Crippen LogP contribution in [-0.4, -0.2) is 13.1 Å². The van der Waals surface area contributed by atoms with E-state index in [1.165, 1.54) is 53.4 Å². The Hall–Kier alpha value is -1.77. The second-order valence-corrected chi connectivity index (χ2v) is 6.99. The highest BCUT2D eigenvalue weighted by Crippen LogP contribution is 2.41. The molecule has 3 nitrogen and oxygen atoms in total. The van der Waals surface area contributed by atoms with Gasteiger partial charge in [0.15, 0.2) is 0 Å². The summed E-state index contributed by atoms with van der Waals surface area (Å²) in [7, 11) is 0. The molecule has 1 aromatic carbocycles. The number of benzene rings is 1. The van der Waals surface area contributed by atoms with Crippen molar-refractivity contribution in [2.75, 3.05) is 18.0 Å². The predicted molar refractivity (Wildman–Crippen MR) is 88.0 cm³/mol. The first-order valence-corrected chi connectivity index (χ1v) is 8.71. The van der Waals surface area contributed by atoms with Crippen molar-refractivity contribution in [3.63, 3.8) is 0 Å². The van der Waals surface area contributed by atoms with Crippen LogP contribution in [0.2, 0.25) is 0 Å². The molecule has 3 aliphatic rings. The molecule has 22 heavy (non-hydrogen) atoms. The van der Waals surface area contributed by atoms with Gasteiger partial charge in [0, 0.05) is 35.3 Å². The standard InChI is InChI=1S/C19H21NO2/c21-19-14-7-2-1-6-13(14)16-11-12-5-3-9-20-10-4-8-15(17(12)20)18(16)22-19/h11H,1-10H2. The van der Waals surface area contributed by atoms with Gasteiger partial charge in [-0.05, 0) is 68.6 Å². The smallest absolute Gasteiger partial charge is 0.339 e. The lowest BCUT2D eigenvalue weighted by Gasteiger charge is -2.37. The van der Waals surface area contributed by atoms with E-state index < -0.39 is 0 Å². The molecule has 0 atom stereocenters. The first-order chi connectivity index (χ1) is 10.8. The molecule has 0 N–H and O–H groups in total. The SMILES string of the molecule is O=c1oc2c3c4c(cc2c2c1CCCC2)CCCN4CCC3. The van der Waals surface area contributed by atoms with Crippen LogP contribution in [0.3, 0.4) is 0 Å². The van der Waals surface area contributed by atoms with Crippen LogP contribution >= 0.6 is 0 Å². The Balaban J connectivity index is 1.90. The number of rotatable bonds is 0. The van der Waals surface area contributed by atoms with Crippen LogP contribution in [0.25, 0.3) is 11.0 Å². The van der Waals surface area contributed by atoms with E-state index in [0.29, 0.717) is 0 Å². The van der Waals surface area contributed by atoms with Gasteiger partial charge in [0.05, 0.1) is 0 Å². The molecule has 1 aliphatic carbocycles. The first-order valence-electron chi connectivity index (χ1n) is 8.71. The Kier molecular flexibility index (Phi) is 2.67. The summed E-state index contributed by atoms with van der Waals surface area (Å²) < 4.78 is 5.85. The van der Waals surface area contributed by atoms with E-state index in [4.69, 9.17) is 4.42 Å². The minimum Gasteiger partial charge on any atom is -0.422 e. The summed E-state index contributed by atoms with van der Waals surface area (Å²) in [5.41, 5.74) is 7.25.